The third-order valence-electron chi connectivity index (χ3n) is 3.72. The van der Waals surface area contributed by atoms with Crippen LogP contribution in [0.1, 0.15) is 26.7 Å². The van der Waals surface area contributed by atoms with Crippen LogP contribution in [0.3, 0.4) is 0 Å². The molecule has 1 saturated heterocycles. The Kier molecular flexibility index (Phi) is 5.66. The molecule has 1 unspecified atom stereocenters. The fraction of sp³-hybridized carbons (Fsp3) is 0.500. The van der Waals surface area contributed by atoms with Crippen molar-refractivity contribution in [3.8, 4) is 0 Å². The van der Waals surface area contributed by atoms with Crippen LogP contribution in [0.5, 0.6) is 0 Å². The molecule has 1 aromatic rings. The standard InChI is InChI=1S/C16H22ClN3O2/c1-11(2)14(15(21)20-8-3-4-9-20)19-16(22)18-13-7-5-6-12(17)10-13/h5-7,10-11,14H,3-4,8-9H2,1-2H3,(H2,18,19,22). The fourth-order valence-corrected chi connectivity index (χ4v) is 2.71. The lowest BCUT2D eigenvalue weighted by atomic mass is 10.0. The number of hydrogen-bond acceptors (Lipinski definition) is 2. The van der Waals surface area contributed by atoms with Gasteiger partial charge in [-0.15, -0.1) is 0 Å². The molecule has 2 rings (SSSR count). The molecule has 1 aliphatic heterocycles. The quantitative estimate of drug-likeness (QED) is 0.894. The van der Waals surface area contributed by atoms with Gasteiger partial charge in [-0.1, -0.05) is 31.5 Å². The Labute approximate surface area is 136 Å². The first-order valence-electron chi connectivity index (χ1n) is 7.59. The highest BCUT2D eigenvalue weighted by Gasteiger charge is 2.29. The molecule has 0 spiro atoms. The normalized spacial score (nSPS) is 15.7. The highest BCUT2D eigenvalue weighted by Crippen LogP contribution is 2.16. The van der Waals surface area contributed by atoms with Gasteiger partial charge in [0.25, 0.3) is 0 Å². The molecule has 1 aromatic carbocycles. The number of likely N-dealkylation sites (tertiary alicyclic amines) is 1. The minimum absolute atomic E-state index is 0.00579. The summed E-state index contributed by atoms with van der Waals surface area (Å²) < 4.78 is 0. The number of urea groups is 1. The molecule has 22 heavy (non-hydrogen) atoms. The van der Waals surface area contributed by atoms with Gasteiger partial charge in [0.15, 0.2) is 0 Å². The lowest BCUT2D eigenvalue weighted by molar-refractivity contribution is -0.133. The van der Waals surface area contributed by atoms with E-state index in [1.807, 2.05) is 18.7 Å². The summed E-state index contributed by atoms with van der Waals surface area (Å²) in [6.45, 7) is 5.41. The highest BCUT2D eigenvalue weighted by molar-refractivity contribution is 6.30. The van der Waals surface area contributed by atoms with E-state index in [-0.39, 0.29) is 11.8 Å². The Bertz CT molecular complexity index is 542. The predicted molar refractivity (Wildman–Crippen MR) is 88.0 cm³/mol. The van der Waals surface area contributed by atoms with Gasteiger partial charge in [0.05, 0.1) is 0 Å². The van der Waals surface area contributed by atoms with E-state index in [0.717, 1.165) is 25.9 Å². The van der Waals surface area contributed by atoms with Crippen molar-refractivity contribution in [1.82, 2.24) is 10.2 Å². The smallest absolute Gasteiger partial charge is 0.319 e. The molecule has 2 N–H and O–H groups in total. The van der Waals surface area contributed by atoms with Crippen molar-refractivity contribution < 1.29 is 9.59 Å². The van der Waals surface area contributed by atoms with Crippen LogP contribution in [0.2, 0.25) is 5.02 Å². The Morgan fingerprint density at radius 1 is 1.23 bits per heavy atom. The van der Waals surface area contributed by atoms with Crippen molar-refractivity contribution in [3.05, 3.63) is 29.3 Å². The SMILES string of the molecule is CC(C)C(NC(=O)Nc1cccc(Cl)c1)C(=O)N1CCCC1. The van der Waals surface area contributed by atoms with Gasteiger partial charge in [-0.25, -0.2) is 4.79 Å². The molecule has 1 heterocycles. The van der Waals surface area contributed by atoms with E-state index in [0.29, 0.717) is 10.7 Å². The number of rotatable bonds is 4. The van der Waals surface area contributed by atoms with Crippen LogP contribution in [0.4, 0.5) is 10.5 Å². The molecule has 0 radical (unpaired) electrons. The maximum atomic E-state index is 12.5. The summed E-state index contributed by atoms with van der Waals surface area (Å²) in [6, 6.07) is 5.99. The van der Waals surface area contributed by atoms with E-state index in [1.165, 1.54) is 0 Å². The average Bonchev–Trinajstić information content (AvgIpc) is 2.98. The number of carbonyl (C=O) groups excluding carboxylic acids is 2. The summed E-state index contributed by atoms with van der Waals surface area (Å²) in [4.78, 5) is 26.4. The number of halogens is 1. The molecule has 0 saturated carbocycles. The molecule has 120 valence electrons. The predicted octanol–water partition coefficient (Wildman–Crippen LogP) is 3.11. The van der Waals surface area contributed by atoms with E-state index >= 15 is 0 Å². The van der Waals surface area contributed by atoms with Crippen LogP contribution in [0.25, 0.3) is 0 Å². The number of carbonyl (C=O) groups is 2. The van der Waals surface area contributed by atoms with Gasteiger partial charge < -0.3 is 15.5 Å². The Balaban J connectivity index is 1.98. The zero-order valence-corrected chi connectivity index (χ0v) is 13.7. The van der Waals surface area contributed by atoms with Crippen LogP contribution in [-0.4, -0.2) is 36.0 Å². The number of nitrogens with one attached hydrogen (secondary N) is 2. The zero-order valence-electron chi connectivity index (χ0n) is 12.9. The molecular formula is C16H22ClN3O2. The van der Waals surface area contributed by atoms with Crippen LogP contribution >= 0.6 is 11.6 Å². The minimum atomic E-state index is -0.516. The molecule has 0 bridgehead atoms. The lowest BCUT2D eigenvalue weighted by Gasteiger charge is -2.26. The first-order valence-corrected chi connectivity index (χ1v) is 7.97. The van der Waals surface area contributed by atoms with Crippen molar-refractivity contribution >= 4 is 29.2 Å². The maximum Gasteiger partial charge on any atom is 0.319 e. The van der Waals surface area contributed by atoms with Gasteiger partial charge >= 0.3 is 6.03 Å². The van der Waals surface area contributed by atoms with Crippen molar-refractivity contribution in [2.24, 2.45) is 5.92 Å². The maximum absolute atomic E-state index is 12.5. The molecule has 0 aromatic heterocycles. The Morgan fingerprint density at radius 3 is 2.50 bits per heavy atom. The molecule has 1 aliphatic rings. The molecule has 1 atom stereocenters. The molecule has 1 fully saturated rings. The van der Waals surface area contributed by atoms with Crippen LogP contribution in [0.15, 0.2) is 24.3 Å². The van der Waals surface area contributed by atoms with Gasteiger partial charge in [0, 0.05) is 23.8 Å². The fourth-order valence-electron chi connectivity index (χ4n) is 2.52. The van der Waals surface area contributed by atoms with Gasteiger partial charge in [0.1, 0.15) is 6.04 Å². The van der Waals surface area contributed by atoms with E-state index in [4.69, 9.17) is 11.6 Å². The largest absolute Gasteiger partial charge is 0.341 e. The van der Waals surface area contributed by atoms with Crippen LogP contribution < -0.4 is 10.6 Å². The number of hydrogen-bond donors (Lipinski definition) is 2. The second-order valence-electron chi connectivity index (χ2n) is 5.86. The lowest BCUT2D eigenvalue weighted by Crippen LogP contribution is -2.51. The van der Waals surface area contributed by atoms with Gasteiger partial charge in [-0.2, -0.15) is 0 Å². The summed E-state index contributed by atoms with van der Waals surface area (Å²) in [5, 5.41) is 6.03. The average molecular weight is 324 g/mol. The third-order valence-corrected chi connectivity index (χ3v) is 3.95. The van der Waals surface area contributed by atoms with E-state index in [9.17, 15) is 9.59 Å². The van der Waals surface area contributed by atoms with Crippen LogP contribution in [-0.2, 0) is 4.79 Å². The van der Waals surface area contributed by atoms with E-state index < -0.39 is 12.1 Å². The second-order valence-corrected chi connectivity index (χ2v) is 6.30. The van der Waals surface area contributed by atoms with Gasteiger partial charge in [0.2, 0.25) is 5.91 Å². The van der Waals surface area contributed by atoms with E-state index in [2.05, 4.69) is 10.6 Å². The number of nitrogens with zero attached hydrogens (tertiary/aromatic N) is 1. The van der Waals surface area contributed by atoms with Crippen molar-refractivity contribution in [3.63, 3.8) is 0 Å². The molecule has 5 nitrogen and oxygen atoms in total. The monoisotopic (exact) mass is 323 g/mol. The molecule has 0 aliphatic carbocycles. The Morgan fingerprint density at radius 2 is 1.91 bits per heavy atom. The van der Waals surface area contributed by atoms with Crippen molar-refractivity contribution in [2.75, 3.05) is 18.4 Å². The van der Waals surface area contributed by atoms with Gasteiger partial charge in [-0.05, 0) is 37.0 Å². The van der Waals surface area contributed by atoms with Crippen molar-refractivity contribution in [2.45, 2.75) is 32.7 Å². The molecule has 6 heteroatoms. The first kappa shape index (κ1) is 16.6. The van der Waals surface area contributed by atoms with E-state index in [1.54, 1.807) is 24.3 Å². The Hall–Kier alpha value is -1.75. The highest BCUT2D eigenvalue weighted by atomic mass is 35.5. The molecular weight excluding hydrogens is 302 g/mol. The zero-order chi connectivity index (χ0) is 16.1. The summed E-state index contributed by atoms with van der Waals surface area (Å²) in [6.07, 6.45) is 2.07. The third kappa shape index (κ3) is 4.37. The summed E-state index contributed by atoms with van der Waals surface area (Å²) >= 11 is 5.89. The van der Waals surface area contributed by atoms with Crippen molar-refractivity contribution in [1.29, 1.82) is 0 Å². The number of benzene rings is 1. The summed E-state index contributed by atoms with van der Waals surface area (Å²) in [5.41, 5.74) is 0.598. The topological polar surface area (TPSA) is 61.4 Å². The number of anilines is 1. The number of amides is 3. The summed E-state index contributed by atoms with van der Waals surface area (Å²) in [5.74, 6) is 0.0203. The summed E-state index contributed by atoms with van der Waals surface area (Å²) in [7, 11) is 0. The second kappa shape index (κ2) is 7.49. The minimum Gasteiger partial charge on any atom is -0.341 e. The van der Waals surface area contributed by atoms with Crippen LogP contribution in [0, 0.1) is 5.92 Å². The van der Waals surface area contributed by atoms with Gasteiger partial charge in [-0.3, -0.25) is 4.79 Å². The first-order chi connectivity index (χ1) is 10.5. The molecule has 3 amide bonds.